The molecule has 1 amide bonds. The Labute approximate surface area is 192 Å². The molecule has 7 nitrogen and oxygen atoms in total. The van der Waals surface area contributed by atoms with Gasteiger partial charge in [-0.1, -0.05) is 36.4 Å². The number of hydrogen-bond acceptors (Lipinski definition) is 5. The summed E-state index contributed by atoms with van der Waals surface area (Å²) in [5.41, 5.74) is 2.38. The van der Waals surface area contributed by atoms with Crippen LogP contribution in [0.2, 0.25) is 0 Å². The van der Waals surface area contributed by atoms with Crippen molar-refractivity contribution in [1.29, 1.82) is 0 Å². The minimum absolute atomic E-state index is 0.0735. The highest BCUT2D eigenvalue weighted by molar-refractivity contribution is 7.89. The van der Waals surface area contributed by atoms with Crippen LogP contribution in [0, 0.1) is 0 Å². The van der Waals surface area contributed by atoms with Crippen LogP contribution >= 0.6 is 0 Å². The van der Waals surface area contributed by atoms with Crippen molar-refractivity contribution in [2.24, 2.45) is 0 Å². The Morgan fingerprint density at radius 2 is 1.79 bits per heavy atom. The second kappa shape index (κ2) is 9.40. The summed E-state index contributed by atoms with van der Waals surface area (Å²) in [5, 5.41) is 3.65. The molecule has 0 bridgehead atoms. The molecule has 0 unspecified atom stereocenters. The van der Waals surface area contributed by atoms with Crippen molar-refractivity contribution in [1.82, 2.24) is 9.29 Å². The summed E-state index contributed by atoms with van der Waals surface area (Å²) in [4.78, 5) is 17.2. The van der Waals surface area contributed by atoms with E-state index in [4.69, 9.17) is 4.74 Å². The van der Waals surface area contributed by atoms with Crippen molar-refractivity contribution in [3.05, 3.63) is 96.2 Å². The molecule has 1 heterocycles. The van der Waals surface area contributed by atoms with Crippen molar-refractivity contribution in [2.75, 3.05) is 19.5 Å². The van der Waals surface area contributed by atoms with Crippen molar-refractivity contribution in [3.8, 4) is 5.75 Å². The van der Waals surface area contributed by atoms with E-state index in [0.29, 0.717) is 5.69 Å². The Morgan fingerprint density at radius 1 is 1.00 bits per heavy atom. The number of carbonyl (C=O) groups excluding carboxylic acids is 1. The highest BCUT2D eigenvalue weighted by Gasteiger charge is 2.26. The Kier molecular flexibility index (Phi) is 6.39. The summed E-state index contributed by atoms with van der Waals surface area (Å²) in [7, 11) is -1.03. The van der Waals surface area contributed by atoms with Crippen molar-refractivity contribution in [3.63, 3.8) is 0 Å². The molecule has 1 N–H and O–H groups in total. The topological polar surface area (TPSA) is 88.6 Å². The fourth-order valence-corrected chi connectivity index (χ4v) is 4.86. The second-order valence-electron chi connectivity index (χ2n) is 7.44. The monoisotopic (exact) mass is 461 g/mol. The van der Waals surface area contributed by atoms with Gasteiger partial charge in [-0.05, 0) is 48.0 Å². The summed E-state index contributed by atoms with van der Waals surface area (Å²) in [6.07, 6.45) is 1.68. The van der Waals surface area contributed by atoms with Crippen molar-refractivity contribution < 1.29 is 17.9 Å². The van der Waals surface area contributed by atoms with Gasteiger partial charge < -0.3 is 10.1 Å². The molecule has 0 aliphatic carbocycles. The van der Waals surface area contributed by atoms with Crippen LogP contribution in [0.4, 0.5) is 5.69 Å². The average Bonchev–Trinajstić information content (AvgIpc) is 2.84. The smallest absolute Gasteiger partial charge is 0.255 e. The number of hydrogen-bond donors (Lipinski definition) is 1. The highest BCUT2D eigenvalue weighted by atomic mass is 32.2. The van der Waals surface area contributed by atoms with Crippen LogP contribution < -0.4 is 10.1 Å². The molecule has 3 aromatic carbocycles. The lowest BCUT2D eigenvalue weighted by Gasteiger charge is -2.19. The number of carbonyl (C=O) groups is 1. The minimum Gasteiger partial charge on any atom is -0.495 e. The third kappa shape index (κ3) is 4.72. The van der Waals surface area contributed by atoms with Gasteiger partial charge in [0.25, 0.3) is 5.91 Å². The number of aromatic nitrogens is 1. The molecule has 8 heteroatoms. The molecule has 0 fully saturated rings. The van der Waals surface area contributed by atoms with Gasteiger partial charge in [0.2, 0.25) is 10.0 Å². The number of benzene rings is 3. The first-order chi connectivity index (χ1) is 15.9. The Hall–Kier alpha value is -3.75. The maximum Gasteiger partial charge on any atom is 0.255 e. The first-order valence-electron chi connectivity index (χ1n) is 10.2. The number of anilines is 1. The number of methoxy groups -OCH3 is 1. The number of ether oxygens (including phenoxy) is 1. The van der Waals surface area contributed by atoms with Crippen LogP contribution in [0.5, 0.6) is 5.75 Å². The Morgan fingerprint density at radius 3 is 2.55 bits per heavy atom. The largest absolute Gasteiger partial charge is 0.495 e. The molecule has 0 aliphatic heterocycles. The minimum atomic E-state index is -3.93. The van der Waals surface area contributed by atoms with E-state index >= 15 is 0 Å². The SMILES string of the molecule is COc1ccc(C(=O)Nc2cccc3ncccc23)cc1S(=O)(=O)N(C)Cc1ccccc1. The van der Waals surface area contributed by atoms with Crippen LogP contribution in [0.3, 0.4) is 0 Å². The van der Waals surface area contributed by atoms with Gasteiger partial charge in [0.15, 0.2) is 0 Å². The molecule has 4 aromatic rings. The lowest BCUT2D eigenvalue weighted by Crippen LogP contribution is -2.27. The Bertz CT molecular complexity index is 1400. The van der Waals surface area contributed by atoms with Gasteiger partial charge in [0.1, 0.15) is 10.6 Å². The number of fused-ring (bicyclic) bond motifs is 1. The molecule has 0 spiro atoms. The van der Waals surface area contributed by atoms with Crippen molar-refractivity contribution >= 4 is 32.5 Å². The molecule has 0 aliphatic rings. The van der Waals surface area contributed by atoms with E-state index in [2.05, 4.69) is 10.3 Å². The molecule has 0 saturated heterocycles. The summed E-state index contributed by atoms with van der Waals surface area (Å²) in [6.45, 7) is 0.186. The van der Waals surface area contributed by atoms with E-state index in [1.165, 1.54) is 36.7 Å². The summed E-state index contributed by atoms with van der Waals surface area (Å²) in [6, 6.07) is 22.7. The van der Waals surface area contributed by atoms with Gasteiger partial charge >= 0.3 is 0 Å². The van der Waals surface area contributed by atoms with E-state index < -0.39 is 15.9 Å². The van der Waals surface area contributed by atoms with Gasteiger partial charge in [-0.15, -0.1) is 0 Å². The molecule has 0 atom stereocenters. The number of amides is 1. The Balaban J connectivity index is 1.65. The molecule has 0 saturated carbocycles. The fraction of sp³-hybridized carbons (Fsp3) is 0.120. The van der Waals surface area contributed by atoms with Gasteiger partial charge in [-0.2, -0.15) is 4.31 Å². The average molecular weight is 462 g/mol. The molecular weight excluding hydrogens is 438 g/mol. The van der Waals surface area contributed by atoms with E-state index in [1.807, 2.05) is 42.5 Å². The van der Waals surface area contributed by atoms with Crippen LogP contribution in [-0.2, 0) is 16.6 Å². The lowest BCUT2D eigenvalue weighted by atomic mass is 10.1. The van der Waals surface area contributed by atoms with Crippen LogP contribution in [-0.4, -0.2) is 37.8 Å². The second-order valence-corrected chi connectivity index (χ2v) is 9.46. The zero-order valence-electron chi connectivity index (χ0n) is 18.2. The van der Waals surface area contributed by atoms with Crippen LogP contribution in [0.25, 0.3) is 10.9 Å². The van der Waals surface area contributed by atoms with E-state index in [1.54, 1.807) is 24.4 Å². The number of nitrogens with zero attached hydrogens (tertiary/aromatic N) is 2. The van der Waals surface area contributed by atoms with Gasteiger partial charge in [0, 0.05) is 30.7 Å². The molecule has 168 valence electrons. The fourth-order valence-electron chi connectivity index (χ4n) is 3.52. The zero-order valence-corrected chi connectivity index (χ0v) is 19.0. The van der Waals surface area contributed by atoms with E-state index in [9.17, 15) is 13.2 Å². The predicted octanol–water partition coefficient (Wildman–Crippen LogP) is 4.32. The molecule has 4 rings (SSSR count). The molecule has 0 radical (unpaired) electrons. The quantitative estimate of drug-likeness (QED) is 0.443. The standard InChI is InChI=1S/C25H23N3O4S/c1-28(17-18-8-4-3-5-9-18)33(30,31)24-16-19(13-14-23(24)32-2)25(29)27-22-12-6-11-21-20(22)10-7-15-26-21/h3-16H,17H2,1-2H3,(H,27,29). The normalized spacial score (nSPS) is 11.5. The lowest BCUT2D eigenvalue weighted by molar-refractivity contribution is 0.102. The zero-order chi connectivity index (χ0) is 23.4. The predicted molar refractivity (Wildman–Crippen MR) is 128 cm³/mol. The summed E-state index contributed by atoms with van der Waals surface area (Å²) >= 11 is 0. The highest BCUT2D eigenvalue weighted by Crippen LogP contribution is 2.29. The van der Waals surface area contributed by atoms with Crippen LogP contribution in [0.15, 0.2) is 90.0 Å². The maximum atomic E-state index is 13.3. The van der Waals surface area contributed by atoms with Crippen LogP contribution in [0.1, 0.15) is 15.9 Å². The van der Waals surface area contributed by atoms with Crippen molar-refractivity contribution in [2.45, 2.75) is 11.4 Å². The first kappa shape index (κ1) is 22.4. The number of sulfonamides is 1. The molecule has 1 aromatic heterocycles. The number of rotatable bonds is 7. The first-order valence-corrected chi connectivity index (χ1v) is 11.7. The number of pyridine rings is 1. The van der Waals surface area contributed by atoms with E-state index in [-0.39, 0.29) is 22.8 Å². The maximum absolute atomic E-state index is 13.3. The molecular formula is C25H23N3O4S. The van der Waals surface area contributed by atoms with Gasteiger partial charge in [0.05, 0.1) is 18.3 Å². The summed E-state index contributed by atoms with van der Waals surface area (Å²) in [5.74, 6) is -0.267. The van der Waals surface area contributed by atoms with Gasteiger partial charge in [-0.25, -0.2) is 8.42 Å². The van der Waals surface area contributed by atoms with Gasteiger partial charge in [-0.3, -0.25) is 9.78 Å². The third-order valence-electron chi connectivity index (χ3n) is 5.26. The van der Waals surface area contributed by atoms with E-state index in [0.717, 1.165) is 16.5 Å². The number of nitrogens with one attached hydrogen (secondary N) is 1. The third-order valence-corrected chi connectivity index (χ3v) is 7.08. The summed E-state index contributed by atoms with van der Waals surface area (Å²) < 4.78 is 33.2. The molecule has 33 heavy (non-hydrogen) atoms.